The van der Waals surface area contributed by atoms with Crippen LogP contribution in [-0.4, -0.2) is 9.97 Å². The fourth-order valence-electron chi connectivity index (χ4n) is 1.32. The highest BCUT2D eigenvalue weighted by Crippen LogP contribution is 2.23. The molecule has 2 aromatic rings. The predicted molar refractivity (Wildman–Crippen MR) is 71.2 cm³/mol. The number of nitriles is 2. The van der Waals surface area contributed by atoms with E-state index in [0.717, 1.165) is 0 Å². The second-order valence-corrected chi connectivity index (χ2v) is 4.21. The van der Waals surface area contributed by atoms with Crippen LogP contribution in [0.5, 0.6) is 0 Å². The van der Waals surface area contributed by atoms with Crippen molar-refractivity contribution in [2.24, 2.45) is 0 Å². The molecule has 19 heavy (non-hydrogen) atoms. The van der Waals surface area contributed by atoms with Crippen LogP contribution in [-0.2, 0) is 0 Å². The third-order valence-corrected chi connectivity index (χ3v) is 2.69. The molecule has 1 aromatic heterocycles. The number of anilines is 2. The molecule has 1 heterocycles. The van der Waals surface area contributed by atoms with E-state index < -0.39 is 0 Å². The van der Waals surface area contributed by atoms with Crippen LogP contribution in [0.15, 0.2) is 24.3 Å². The Balaban J connectivity index is 2.39. The summed E-state index contributed by atoms with van der Waals surface area (Å²) in [6.45, 7) is 0. The number of benzene rings is 1. The Morgan fingerprint density at radius 2 is 1.53 bits per heavy atom. The highest BCUT2D eigenvalue weighted by atomic mass is 35.5. The molecule has 0 unspecified atom stereocenters. The van der Waals surface area contributed by atoms with Crippen LogP contribution < -0.4 is 5.32 Å². The van der Waals surface area contributed by atoms with E-state index in [0.29, 0.717) is 10.7 Å². The number of hydrogen-bond donors (Lipinski definition) is 1. The van der Waals surface area contributed by atoms with Crippen molar-refractivity contribution >= 4 is 34.7 Å². The van der Waals surface area contributed by atoms with Gasteiger partial charge in [0.05, 0.1) is 0 Å². The number of nitrogens with one attached hydrogen (secondary N) is 1. The molecule has 2 rings (SSSR count). The lowest BCUT2D eigenvalue weighted by atomic mass is 10.3. The van der Waals surface area contributed by atoms with Crippen molar-refractivity contribution in [2.75, 3.05) is 5.32 Å². The fourth-order valence-corrected chi connectivity index (χ4v) is 1.62. The Morgan fingerprint density at radius 3 is 2.11 bits per heavy atom. The number of aromatic nitrogens is 2. The van der Waals surface area contributed by atoms with Gasteiger partial charge in [0.1, 0.15) is 12.1 Å². The van der Waals surface area contributed by atoms with Gasteiger partial charge < -0.3 is 5.32 Å². The van der Waals surface area contributed by atoms with Gasteiger partial charge in [-0.25, -0.2) is 9.97 Å². The first-order valence-electron chi connectivity index (χ1n) is 5.04. The van der Waals surface area contributed by atoms with E-state index in [-0.39, 0.29) is 22.4 Å². The molecule has 7 heteroatoms. The van der Waals surface area contributed by atoms with Gasteiger partial charge in [0, 0.05) is 10.7 Å². The van der Waals surface area contributed by atoms with Crippen molar-refractivity contribution < 1.29 is 0 Å². The van der Waals surface area contributed by atoms with Crippen molar-refractivity contribution in [3.05, 3.63) is 45.8 Å². The third kappa shape index (κ3) is 2.92. The van der Waals surface area contributed by atoms with Gasteiger partial charge in [-0.2, -0.15) is 10.5 Å². The van der Waals surface area contributed by atoms with E-state index in [1.165, 1.54) is 0 Å². The molecule has 0 radical (unpaired) electrons. The highest BCUT2D eigenvalue weighted by molar-refractivity contribution is 6.32. The van der Waals surface area contributed by atoms with Gasteiger partial charge >= 0.3 is 0 Å². The number of halogens is 2. The van der Waals surface area contributed by atoms with Crippen LogP contribution in [0.25, 0.3) is 0 Å². The Bertz CT molecular complexity index is 698. The summed E-state index contributed by atoms with van der Waals surface area (Å²) in [4.78, 5) is 7.76. The lowest BCUT2D eigenvalue weighted by Crippen LogP contribution is -2.01. The Morgan fingerprint density at radius 1 is 0.947 bits per heavy atom. The van der Waals surface area contributed by atoms with E-state index in [1.807, 2.05) is 0 Å². The summed E-state index contributed by atoms with van der Waals surface area (Å²) < 4.78 is 0. The molecule has 0 aliphatic rings. The van der Waals surface area contributed by atoms with Crippen LogP contribution in [0.4, 0.5) is 11.5 Å². The molecule has 5 nitrogen and oxygen atoms in total. The first kappa shape index (κ1) is 13.1. The summed E-state index contributed by atoms with van der Waals surface area (Å²) in [6.07, 6.45) is 0. The topological polar surface area (TPSA) is 85.4 Å². The Labute approximate surface area is 119 Å². The largest absolute Gasteiger partial charge is 0.338 e. The molecule has 1 N–H and O–H groups in total. The van der Waals surface area contributed by atoms with Crippen LogP contribution in [0, 0.1) is 22.7 Å². The van der Waals surface area contributed by atoms with Gasteiger partial charge in [-0.1, -0.05) is 23.2 Å². The van der Waals surface area contributed by atoms with Gasteiger partial charge in [-0.3, -0.25) is 0 Å². The standard InChI is InChI=1S/C12H5Cl2N5/c13-7-1-3-8(4-2-7)17-12-11(14)18-9(5-15)10(6-16)19-12/h1-4H,(H,17,19). The molecule has 0 saturated carbocycles. The van der Waals surface area contributed by atoms with Crippen LogP contribution in [0.1, 0.15) is 11.4 Å². The molecule has 0 bridgehead atoms. The smallest absolute Gasteiger partial charge is 0.179 e. The highest BCUT2D eigenvalue weighted by Gasteiger charge is 2.12. The summed E-state index contributed by atoms with van der Waals surface area (Å²) in [6, 6.07) is 10.4. The van der Waals surface area contributed by atoms with E-state index in [1.54, 1.807) is 36.4 Å². The normalized spacial score (nSPS) is 9.47. The molecule has 0 spiro atoms. The molecule has 92 valence electrons. The minimum Gasteiger partial charge on any atom is -0.338 e. The molecule has 0 fully saturated rings. The molecule has 0 atom stereocenters. The molecule has 0 saturated heterocycles. The second kappa shape index (κ2) is 5.53. The lowest BCUT2D eigenvalue weighted by Gasteiger charge is -2.07. The van der Waals surface area contributed by atoms with Crippen molar-refractivity contribution in [1.82, 2.24) is 9.97 Å². The molecule has 1 aromatic carbocycles. The molecule has 0 amide bonds. The molecular formula is C12H5Cl2N5. The zero-order valence-corrected chi connectivity index (χ0v) is 10.9. The summed E-state index contributed by atoms with van der Waals surface area (Å²) in [7, 11) is 0. The summed E-state index contributed by atoms with van der Waals surface area (Å²) in [5.74, 6) is 0.208. The Hall–Kier alpha value is -2.34. The zero-order chi connectivity index (χ0) is 13.8. The summed E-state index contributed by atoms with van der Waals surface area (Å²) in [5.41, 5.74) is 0.506. The minimum atomic E-state index is -0.103. The Kier molecular flexibility index (Phi) is 3.82. The van der Waals surface area contributed by atoms with Crippen molar-refractivity contribution in [3.63, 3.8) is 0 Å². The average Bonchev–Trinajstić information content (AvgIpc) is 2.43. The second-order valence-electron chi connectivity index (χ2n) is 3.42. The van der Waals surface area contributed by atoms with E-state index >= 15 is 0 Å². The van der Waals surface area contributed by atoms with Crippen molar-refractivity contribution in [3.8, 4) is 12.1 Å². The van der Waals surface area contributed by atoms with Gasteiger partial charge in [-0.05, 0) is 24.3 Å². The van der Waals surface area contributed by atoms with Crippen LogP contribution in [0.2, 0.25) is 10.2 Å². The van der Waals surface area contributed by atoms with E-state index in [9.17, 15) is 0 Å². The van der Waals surface area contributed by atoms with Crippen molar-refractivity contribution in [1.29, 1.82) is 10.5 Å². The molecule has 0 aliphatic heterocycles. The third-order valence-electron chi connectivity index (χ3n) is 2.17. The number of nitrogens with zero attached hydrogens (tertiary/aromatic N) is 4. The maximum atomic E-state index is 8.88. The maximum Gasteiger partial charge on any atom is 0.179 e. The summed E-state index contributed by atoms with van der Waals surface area (Å²) in [5, 5.41) is 21.2. The average molecular weight is 290 g/mol. The SMILES string of the molecule is N#Cc1nc(Cl)c(Nc2ccc(Cl)cc2)nc1C#N. The fraction of sp³-hybridized carbons (Fsp3) is 0. The van der Waals surface area contributed by atoms with Gasteiger partial charge in [0.25, 0.3) is 0 Å². The monoisotopic (exact) mass is 289 g/mol. The van der Waals surface area contributed by atoms with Crippen molar-refractivity contribution in [2.45, 2.75) is 0 Å². The number of hydrogen-bond acceptors (Lipinski definition) is 5. The first-order chi connectivity index (χ1) is 9.13. The van der Waals surface area contributed by atoms with Gasteiger partial charge in [-0.15, -0.1) is 0 Å². The van der Waals surface area contributed by atoms with Gasteiger partial charge in [0.15, 0.2) is 22.4 Å². The molecule has 0 aliphatic carbocycles. The van der Waals surface area contributed by atoms with Crippen LogP contribution in [0.3, 0.4) is 0 Å². The molecular weight excluding hydrogens is 285 g/mol. The summed E-state index contributed by atoms with van der Waals surface area (Å²) >= 11 is 11.7. The predicted octanol–water partition coefficient (Wildman–Crippen LogP) is 3.27. The first-order valence-corrected chi connectivity index (χ1v) is 5.80. The van der Waals surface area contributed by atoms with E-state index in [4.69, 9.17) is 33.7 Å². The van der Waals surface area contributed by atoms with Gasteiger partial charge in [0.2, 0.25) is 0 Å². The number of rotatable bonds is 2. The zero-order valence-electron chi connectivity index (χ0n) is 9.35. The minimum absolute atomic E-state index is 0.0190. The quantitative estimate of drug-likeness (QED) is 0.917. The lowest BCUT2D eigenvalue weighted by molar-refractivity contribution is 1.13. The van der Waals surface area contributed by atoms with E-state index in [2.05, 4.69) is 15.3 Å². The van der Waals surface area contributed by atoms with Crippen LogP contribution >= 0.6 is 23.2 Å². The maximum absolute atomic E-state index is 8.88.